The minimum atomic E-state index is -0.337. The Hall–Kier alpha value is -3.55. The highest BCUT2D eigenvalue weighted by Crippen LogP contribution is 2.13. The molecule has 0 saturated carbocycles. The number of hydrogen-bond acceptors (Lipinski definition) is 5. The third-order valence-electron chi connectivity index (χ3n) is 4.21. The molecule has 0 saturated heterocycles. The molecule has 0 atom stereocenters. The van der Waals surface area contributed by atoms with E-state index in [1.807, 2.05) is 45.0 Å². The van der Waals surface area contributed by atoms with Gasteiger partial charge >= 0.3 is 0 Å². The van der Waals surface area contributed by atoms with Crippen LogP contribution in [-0.2, 0) is 6.54 Å². The van der Waals surface area contributed by atoms with Crippen LogP contribution in [0.3, 0.4) is 0 Å². The van der Waals surface area contributed by atoms with Gasteiger partial charge in [-0.25, -0.2) is 19.2 Å². The van der Waals surface area contributed by atoms with Gasteiger partial charge in [0, 0.05) is 11.4 Å². The van der Waals surface area contributed by atoms with Crippen molar-refractivity contribution in [2.24, 2.45) is 0 Å². The monoisotopic (exact) mass is 361 g/mol. The van der Waals surface area contributed by atoms with Crippen molar-refractivity contribution in [2.75, 3.05) is 5.32 Å². The zero-order valence-corrected chi connectivity index (χ0v) is 15.3. The number of amides is 1. The van der Waals surface area contributed by atoms with Crippen LogP contribution in [0.25, 0.3) is 5.65 Å². The fourth-order valence-corrected chi connectivity index (χ4v) is 3.03. The van der Waals surface area contributed by atoms with Gasteiger partial charge in [0.25, 0.3) is 5.91 Å². The summed E-state index contributed by atoms with van der Waals surface area (Å²) in [6.07, 6.45) is 3.11. The largest absolute Gasteiger partial charge is 0.289 e. The van der Waals surface area contributed by atoms with E-state index < -0.39 is 0 Å². The Kier molecular flexibility index (Phi) is 4.15. The van der Waals surface area contributed by atoms with Crippen LogP contribution in [-0.4, -0.2) is 35.3 Å². The molecule has 0 aliphatic heterocycles. The minimum absolute atomic E-state index is 0.247. The average Bonchev–Trinajstić information content (AvgIpc) is 3.22. The summed E-state index contributed by atoms with van der Waals surface area (Å²) in [4.78, 5) is 21.2. The average molecular weight is 361 g/mol. The van der Waals surface area contributed by atoms with E-state index in [2.05, 4.69) is 31.5 Å². The van der Waals surface area contributed by atoms with E-state index in [4.69, 9.17) is 0 Å². The van der Waals surface area contributed by atoms with E-state index in [9.17, 15) is 4.79 Å². The van der Waals surface area contributed by atoms with Crippen molar-refractivity contribution < 1.29 is 4.79 Å². The first-order valence-corrected chi connectivity index (χ1v) is 8.58. The molecule has 3 aromatic heterocycles. The molecule has 0 spiro atoms. The molecule has 3 heterocycles. The van der Waals surface area contributed by atoms with Crippen LogP contribution in [0, 0.1) is 20.8 Å². The first kappa shape index (κ1) is 16.9. The van der Waals surface area contributed by atoms with Crippen LogP contribution in [0.1, 0.15) is 32.9 Å². The molecule has 4 rings (SSSR count). The Morgan fingerprint density at radius 2 is 2.04 bits per heavy atom. The van der Waals surface area contributed by atoms with Crippen molar-refractivity contribution in [3.05, 3.63) is 70.9 Å². The van der Waals surface area contributed by atoms with Crippen molar-refractivity contribution in [2.45, 2.75) is 27.3 Å². The van der Waals surface area contributed by atoms with Gasteiger partial charge in [-0.3, -0.25) is 10.1 Å². The topological polar surface area (TPSA) is 90.0 Å². The lowest BCUT2D eigenvalue weighted by molar-refractivity contribution is 0.102. The van der Waals surface area contributed by atoms with Crippen LogP contribution in [0.15, 0.2) is 42.9 Å². The summed E-state index contributed by atoms with van der Waals surface area (Å²) in [5.74, 6) is -0.0906. The summed E-state index contributed by atoms with van der Waals surface area (Å²) in [6, 6.07) is 10.1. The number of nitrogens with one attached hydrogen (secondary N) is 1. The van der Waals surface area contributed by atoms with E-state index in [1.165, 1.54) is 11.8 Å². The maximum Gasteiger partial charge on any atom is 0.263 e. The Morgan fingerprint density at radius 1 is 1.19 bits per heavy atom. The summed E-state index contributed by atoms with van der Waals surface area (Å²) in [6.45, 7) is 6.44. The lowest BCUT2D eigenvalue weighted by Crippen LogP contribution is -2.14. The van der Waals surface area contributed by atoms with E-state index in [0.29, 0.717) is 17.8 Å². The molecular weight excluding hydrogens is 342 g/mol. The fourth-order valence-electron chi connectivity index (χ4n) is 3.03. The van der Waals surface area contributed by atoms with Gasteiger partial charge in [0.15, 0.2) is 5.65 Å². The Morgan fingerprint density at radius 3 is 2.85 bits per heavy atom. The number of aromatic nitrogens is 6. The van der Waals surface area contributed by atoms with E-state index >= 15 is 0 Å². The van der Waals surface area contributed by atoms with E-state index in [1.54, 1.807) is 15.5 Å². The van der Waals surface area contributed by atoms with Crippen LogP contribution >= 0.6 is 0 Å². The molecule has 1 amide bonds. The van der Waals surface area contributed by atoms with Gasteiger partial charge in [0.05, 0.1) is 12.7 Å². The van der Waals surface area contributed by atoms with Crippen molar-refractivity contribution in [1.29, 1.82) is 0 Å². The lowest BCUT2D eigenvalue weighted by Gasteiger charge is -2.03. The molecule has 27 heavy (non-hydrogen) atoms. The molecule has 136 valence electrons. The number of carbonyl (C=O) groups is 1. The van der Waals surface area contributed by atoms with Gasteiger partial charge < -0.3 is 0 Å². The summed E-state index contributed by atoms with van der Waals surface area (Å²) < 4.78 is 3.33. The quantitative estimate of drug-likeness (QED) is 0.603. The predicted molar refractivity (Wildman–Crippen MR) is 101 cm³/mol. The minimum Gasteiger partial charge on any atom is -0.289 e. The maximum absolute atomic E-state index is 12.6. The smallest absolute Gasteiger partial charge is 0.263 e. The number of anilines is 1. The molecule has 4 aromatic rings. The van der Waals surface area contributed by atoms with Crippen LogP contribution < -0.4 is 5.32 Å². The molecule has 0 unspecified atom stereocenters. The number of carbonyl (C=O) groups excluding carboxylic acids is 1. The molecule has 1 aromatic carbocycles. The Labute approximate surface area is 155 Å². The second kappa shape index (κ2) is 6.64. The molecule has 0 bridgehead atoms. The van der Waals surface area contributed by atoms with Crippen molar-refractivity contribution in [3.8, 4) is 0 Å². The second-order valence-corrected chi connectivity index (χ2v) is 6.54. The third-order valence-corrected chi connectivity index (χ3v) is 4.21. The Bertz CT molecular complexity index is 1140. The number of aryl methyl sites for hydroxylation is 3. The highest BCUT2D eigenvalue weighted by Gasteiger charge is 2.17. The molecule has 0 radical (unpaired) electrons. The molecular formula is C19H19N7O. The summed E-state index contributed by atoms with van der Waals surface area (Å²) in [7, 11) is 0. The standard InChI is InChI=1S/C19H19N7O/c1-12-5-4-6-15(7-12)10-25-11-20-19(24-25)23-18(27)16-9-21-26-14(3)8-13(2)22-17(16)26/h4-9,11H,10H2,1-3H3,(H,23,24,27). The third kappa shape index (κ3) is 3.41. The number of fused-ring (bicyclic) bond motifs is 1. The number of rotatable bonds is 4. The fraction of sp³-hybridized carbons (Fsp3) is 0.211. The SMILES string of the molecule is Cc1cccc(Cn2cnc(NC(=O)c3cnn4c(C)cc(C)nc34)n2)c1. The first-order valence-electron chi connectivity index (χ1n) is 8.58. The summed E-state index contributed by atoms with van der Waals surface area (Å²) in [5, 5.41) is 11.3. The van der Waals surface area contributed by atoms with Gasteiger partial charge in [-0.15, -0.1) is 5.10 Å². The van der Waals surface area contributed by atoms with Gasteiger partial charge in [0.2, 0.25) is 5.95 Å². The van der Waals surface area contributed by atoms with Gasteiger partial charge in [0.1, 0.15) is 11.9 Å². The van der Waals surface area contributed by atoms with Gasteiger partial charge in [-0.1, -0.05) is 29.8 Å². The van der Waals surface area contributed by atoms with Crippen molar-refractivity contribution in [3.63, 3.8) is 0 Å². The second-order valence-electron chi connectivity index (χ2n) is 6.54. The van der Waals surface area contributed by atoms with Crippen molar-refractivity contribution in [1.82, 2.24) is 29.4 Å². The van der Waals surface area contributed by atoms with Gasteiger partial charge in [-0.05, 0) is 32.4 Å². The molecule has 0 aliphatic carbocycles. The molecule has 0 aliphatic rings. The van der Waals surface area contributed by atoms with Crippen LogP contribution in [0.4, 0.5) is 5.95 Å². The summed E-state index contributed by atoms with van der Waals surface area (Å²) in [5.41, 5.74) is 4.95. The number of benzene rings is 1. The number of nitrogens with zero attached hydrogens (tertiary/aromatic N) is 6. The number of hydrogen-bond donors (Lipinski definition) is 1. The first-order chi connectivity index (χ1) is 13.0. The molecule has 1 N–H and O–H groups in total. The van der Waals surface area contributed by atoms with E-state index in [0.717, 1.165) is 17.0 Å². The maximum atomic E-state index is 12.6. The highest BCUT2D eigenvalue weighted by atomic mass is 16.1. The summed E-state index contributed by atoms with van der Waals surface area (Å²) >= 11 is 0. The molecule has 0 fully saturated rings. The van der Waals surface area contributed by atoms with Crippen LogP contribution in [0.2, 0.25) is 0 Å². The zero-order valence-electron chi connectivity index (χ0n) is 15.3. The molecule has 8 nitrogen and oxygen atoms in total. The Balaban J connectivity index is 1.53. The lowest BCUT2D eigenvalue weighted by atomic mass is 10.1. The predicted octanol–water partition coefficient (Wildman–Crippen LogP) is 2.55. The zero-order chi connectivity index (χ0) is 19.0. The highest BCUT2D eigenvalue weighted by molar-refractivity contribution is 6.07. The van der Waals surface area contributed by atoms with Gasteiger partial charge in [-0.2, -0.15) is 5.10 Å². The normalized spacial score (nSPS) is 11.1. The molecule has 8 heteroatoms. The van der Waals surface area contributed by atoms with Crippen molar-refractivity contribution >= 4 is 17.5 Å². The van der Waals surface area contributed by atoms with E-state index in [-0.39, 0.29) is 11.9 Å². The van der Waals surface area contributed by atoms with Crippen LogP contribution in [0.5, 0.6) is 0 Å².